The van der Waals surface area contributed by atoms with E-state index >= 15 is 0 Å². The van der Waals surface area contributed by atoms with E-state index in [1.165, 1.54) is 23.4 Å². The van der Waals surface area contributed by atoms with Gasteiger partial charge in [0.25, 0.3) is 5.91 Å². The van der Waals surface area contributed by atoms with E-state index in [9.17, 15) is 18.0 Å². The van der Waals surface area contributed by atoms with Gasteiger partial charge in [0.05, 0.1) is 4.90 Å². The number of rotatable bonds is 5. The zero-order valence-corrected chi connectivity index (χ0v) is 18.1. The van der Waals surface area contributed by atoms with Crippen LogP contribution in [0.3, 0.4) is 0 Å². The molecule has 3 rings (SSSR count). The Hall–Kier alpha value is -2.71. The summed E-state index contributed by atoms with van der Waals surface area (Å²) >= 11 is 0. The van der Waals surface area contributed by atoms with Gasteiger partial charge in [-0.15, -0.1) is 0 Å². The molecular weight excluding hydrogens is 402 g/mol. The molecule has 1 heterocycles. The second-order valence-electron chi connectivity index (χ2n) is 7.51. The summed E-state index contributed by atoms with van der Waals surface area (Å²) in [6.45, 7) is 4.29. The molecule has 0 spiro atoms. The molecule has 30 heavy (non-hydrogen) atoms. The van der Waals surface area contributed by atoms with Gasteiger partial charge in [0, 0.05) is 37.0 Å². The van der Waals surface area contributed by atoms with Gasteiger partial charge in [-0.25, -0.2) is 8.42 Å². The highest BCUT2D eigenvalue weighted by atomic mass is 32.2. The predicted molar refractivity (Wildman–Crippen MR) is 117 cm³/mol. The van der Waals surface area contributed by atoms with Crippen LogP contribution in [0.4, 0.5) is 11.4 Å². The Bertz CT molecular complexity index is 1040. The number of nitrogens with zero attached hydrogens (tertiary/aromatic N) is 1. The number of aryl methyl sites for hydroxylation is 1. The monoisotopic (exact) mass is 429 g/mol. The molecule has 1 saturated heterocycles. The first-order valence-electron chi connectivity index (χ1n) is 10.1. The van der Waals surface area contributed by atoms with E-state index in [1.54, 1.807) is 30.3 Å². The standard InChI is InChI=1S/C22H27N3O4S/c1-16-14-19(10-11-21(16)23-17(2)26)24-22(27)18-8-7-9-20(15-18)30(28,29)25-12-5-3-4-6-13-25/h7-11,14-15H,3-6,12-13H2,1-2H3,(H,23,26)(H,24,27). The van der Waals surface area contributed by atoms with Crippen molar-refractivity contribution in [2.45, 2.75) is 44.4 Å². The fourth-order valence-corrected chi connectivity index (χ4v) is 5.07. The van der Waals surface area contributed by atoms with Crippen LogP contribution in [-0.2, 0) is 14.8 Å². The number of hydrogen-bond acceptors (Lipinski definition) is 4. The summed E-state index contributed by atoms with van der Waals surface area (Å²) in [5.74, 6) is -0.563. The van der Waals surface area contributed by atoms with Gasteiger partial charge in [-0.3, -0.25) is 9.59 Å². The maximum atomic E-state index is 13.0. The lowest BCUT2D eigenvalue weighted by Crippen LogP contribution is -2.32. The summed E-state index contributed by atoms with van der Waals surface area (Å²) < 4.78 is 27.5. The number of amides is 2. The minimum Gasteiger partial charge on any atom is -0.326 e. The largest absolute Gasteiger partial charge is 0.326 e. The number of benzene rings is 2. The summed E-state index contributed by atoms with van der Waals surface area (Å²) in [5, 5.41) is 5.51. The first-order valence-corrected chi connectivity index (χ1v) is 11.5. The van der Waals surface area contributed by atoms with Crippen molar-refractivity contribution in [2.24, 2.45) is 0 Å². The first-order chi connectivity index (χ1) is 14.3. The summed E-state index contributed by atoms with van der Waals surface area (Å²) in [4.78, 5) is 24.1. The fourth-order valence-electron chi connectivity index (χ4n) is 3.50. The highest BCUT2D eigenvalue weighted by Gasteiger charge is 2.25. The van der Waals surface area contributed by atoms with Crippen molar-refractivity contribution in [2.75, 3.05) is 23.7 Å². The first kappa shape index (κ1) is 22.0. The zero-order chi connectivity index (χ0) is 21.7. The zero-order valence-electron chi connectivity index (χ0n) is 17.3. The Balaban J connectivity index is 1.77. The topological polar surface area (TPSA) is 95.6 Å². The van der Waals surface area contributed by atoms with Gasteiger partial charge in [0.15, 0.2) is 0 Å². The van der Waals surface area contributed by atoms with Crippen molar-refractivity contribution in [1.82, 2.24) is 4.31 Å². The van der Waals surface area contributed by atoms with Crippen LogP contribution >= 0.6 is 0 Å². The van der Waals surface area contributed by atoms with Gasteiger partial charge in [-0.1, -0.05) is 18.9 Å². The Labute approximate surface area is 177 Å². The minimum atomic E-state index is -3.62. The number of carbonyl (C=O) groups is 2. The Morgan fingerprint density at radius 2 is 1.63 bits per heavy atom. The lowest BCUT2D eigenvalue weighted by molar-refractivity contribution is -0.114. The van der Waals surface area contributed by atoms with E-state index in [-0.39, 0.29) is 16.4 Å². The molecule has 1 aliphatic heterocycles. The van der Waals surface area contributed by atoms with Crippen LogP contribution in [-0.4, -0.2) is 37.6 Å². The summed E-state index contributed by atoms with van der Waals surface area (Å²) in [5.41, 5.74) is 2.31. The Morgan fingerprint density at radius 3 is 2.27 bits per heavy atom. The van der Waals surface area contributed by atoms with E-state index < -0.39 is 15.9 Å². The smallest absolute Gasteiger partial charge is 0.255 e. The molecule has 0 aromatic heterocycles. The second kappa shape index (κ2) is 9.40. The van der Waals surface area contributed by atoms with Crippen LogP contribution in [0.2, 0.25) is 0 Å². The van der Waals surface area contributed by atoms with Gasteiger partial charge in [0.2, 0.25) is 15.9 Å². The molecule has 0 aliphatic carbocycles. The molecule has 2 N–H and O–H groups in total. The van der Waals surface area contributed by atoms with Crippen LogP contribution in [0.1, 0.15) is 48.5 Å². The molecule has 0 bridgehead atoms. The van der Waals surface area contributed by atoms with Crippen molar-refractivity contribution >= 4 is 33.2 Å². The SMILES string of the molecule is CC(=O)Nc1ccc(NC(=O)c2cccc(S(=O)(=O)N3CCCCCC3)c2)cc1C. The molecule has 1 fully saturated rings. The fraction of sp³-hybridized carbons (Fsp3) is 0.364. The van der Waals surface area contributed by atoms with Crippen LogP contribution in [0.15, 0.2) is 47.4 Å². The van der Waals surface area contributed by atoms with Crippen molar-refractivity contribution in [3.05, 3.63) is 53.6 Å². The van der Waals surface area contributed by atoms with Gasteiger partial charge < -0.3 is 10.6 Å². The maximum absolute atomic E-state index is 13.0. The third-order valence-electron chi connectivity index (χ3n) is 5.09. The Kier molecular flexibility index (Phi) is 6.89. The van der Waals surface area contributed by atoms with Gasteiger partial charge in [0.1, 0.15) is 0 Å². The number of anilines is 2. The molecule has 160 valence electrons. The number of hydrogen-bond donors (Lipinski definition) is 2. The van der Waals surface area contributed by atoms with Crippen molar-refractivity contribution < 1.29 is 18.0 Å². The molecular formula is C22H27N3O4S. The molecule has 7 nitrogen and oxygen atoms in total. The van der Waals surface area contributed by atoms with E-state index in [0.29, 0.717) is 24.5 Å². The lowest BCUT2D eigenvalue weighted by Gasteiger charge is -2.20. The highest BCUT2D eigenvalue weighted by molar-refractivity contribution is 7.89. The molecule has 0 unspecified atom stereocenters. The second-order valence-corrected chi connectivity index (χ2v) is 9.45. The van der Waals surface area contributed by atoms with E-state index in [4.69, 9.17) is 0 Å². The van der Waals surface area contributed by atoms with Gasteiger partial charge in [-0.2, -0.15) is 4.31 Å². The Morgan fingerprint density at radius 1 is 0.933 bits per heavy atom. The number of carbonyl (C=O) groups excluding carboxylic acids is 2. The normalized spacial score (nSPS) is 15.3. The van der Waals surface area contributed by atoms with Crippen LogP contribution in [0, 0.1) is 6.92 Å². The molecule has 2 aromatic rings. The molecule has 2 amide bonds. The van der Waals surface area contributed by atoms with Crippen molar-refractivity contribution in [1.29, 1.82) is 0 Å². The molecule has 8 heteroatoms. The quantitative estimate of drug-likeness (QED) is 0.756. The number of nitrogens with one attached hydrogen (secondary N) is 2. The average Bonchev–Trinajstić information content (AvgIpc) is 3.00. The summed E-state index contributed by atoms with van der Waals surface area (Å²) in [6, 6.07) is 11.3. The predicted octanol–water partition coefficient (Wildman–Crippen LogP) is 3.77. The third kappa shape index (κ3) is 5.25. The van der Waals surface area contributed by atoms with Crippen LogP contribution < -0.4 is 10.6 Å². The third-order valence-corrected chi connectivity index (χ3v) is 6.99. The summed E-state index contributed by atoms with van der Waals surface area (Å²) in [6.07, 6.45) is 3.78. The van der Waals surface area contributed by atoms with E-state index in [2.05, 4.69) is 10.6 Å². The molecule has 0 atom stereocenters. The lowest BCUT2D eigenvalue weighted by atomic mass is 10.1. The van der Waals surface area contributed by atoms with Crippen molar-refractivity contribution in [3.63, 3.8) is 0 Å². The maximum Gasteiger partial charge on any atom is 0.255 e. The van der Waals surface area contributed by atoms with E-state index in [0.717, 1.165) is 31.2 Å². The van der Waals surface area contributed by atoms with Crippen molar-refractivity contribution in [3.8, 4) is 0 Å². The molecule has 0 saturated carbocycles. The molecule has 1 aliphatic rings. The molecule has 2 aromatic carbocycles. The average molecular weight is 430 g/mol. The van der Waals surface area contributed by atoms with E-state index in [1.807, 2.05) is 6.92 Å². The van der Waals surface area contributed by atoms with Gasteiger partial charge in [-0.05, 0) is 61.7 Å². The minimum absolute atomic E-state index is 0.134. The number of sulfonamides is 1. The highest BCUT2D eigenvalue weighted by Crippen LogP contribution is 2.23. The van der Waals surface area contributed by atoms with Crippen LogP contribution in [0.25, 0.3) is 0 Å². The molecule has 0 radical (unpaired) electrons. The summed E-state index contributed by atoms with van der Waals surface area (Å²) in [7, 11) is -3.62. The van der Waals surface area contributed by atoms with Crippen LogP contribution in [0.5, 0.6) is 0 Å². The van der Waals surface area contributed by atoms with Gasteiger partial charge >= 0.3 is 0 Å².